The van der Waals surface area contributed by atoms with Gasteiger partial charge in [0.15, 0.2) is 5.82 Å². The van der Waals surface area contributed by atoms with Crippen molar-refractivity contribution in [3.63, 3.8) is 0 Å². The van der Waals surface area contributed by atoms with Crippen molar-refractivity contribution in [1.29, 1.82) is 0 Å². The summed E-state index contributed by atoms with van der Waals surface area (Å²) in [5, 5.41) is 4.92. The first-order valence-corrected chi connectivity index (χ1v) is 13.2. The van der Waals surface area contributed by atoms with E-state index in [4.69, 9.17) is 10.8 Å². The minimum atomic E-state index is -0.433. The van der Waals surface area contributed by atoms with E-state index < -0.39 is 6.04 Å². The van der Waals surface area contributed by atoms with Gasteiger partial charge in [0.25, 0.3) is 5.91 Å². The summed E-state index contributed by atoms with van der Waals surface area (Å²) in [6.07, 6.45) is 0.641. The van der Waals surface area contributed by atoms with Gasteiger partial charge in [0, 0.05) is 12.1 Å². The van der Waals surface area contributed by atoms with Crippen LogP contribution < -0.4 is 11.4 Å². The van der Waals surface area contributed by atoms with Crippen molar-refractivity contribution in [2.45, 2.75) is 46.7 Å². The van der Waals surface area contributed by atoms with Crippen molar-refractivity contribution in [2.24, 2.45) is 11.7 Å². The highest BCUT2D eigenvalue weighted by molar-refractivity contribution is 5.94. The summed E-state index contributed by atoms with van der Waals surface area (Å²) in [6, 6.07) is 24.7. The third-order valence-corrected chi connectivity index (χ3v) is 6.81. The molecule has 7 heteroatoms. The molecule has 0 bridgehead atoms. The fourth-order valence-electron chi connectivity index (χ4n) is 4.79. The van der Waals surface area contributed by atoms with E-state index in [2.05, 4.69) is 13.8 Å². The van der Waals surface area contributed by atoms with Crippen LogP contribution in [0.3, 0.4) is 0 Å². The number of hydrogen-bond acceptors (Lipinski definition) is 4. The minimum absolute atomic E-state index is 0.0104. The molecule has 0 radical (unpaired) electrons. The second-order valence-electron chi connectivity index (χ2n) is 10.1. The van der Waals surface area contributed by atoms with E-state index >= 15 is 0 Å². The first kappa shape index (κ1) is 27.1. The Labute approximate surface area is 224 Å². The lowest BCUT2D eigenvalue weighted by atomic mass is 9.99. The number of aromatic nitrogens is 3. The Morgan fingerprint density at radius 3 is 2.24 bits per heavy atom. The van der Waals surface area contributed by atoms with Crippen LogP contribution in [-0.2, 0) is 6.54 Å². The predicted molar refractivity (Wildman–Crippen MR) is 152 cm³/mol. The number of benzene rings is 3. The van der Waals surface area contributed by atoms with Crippen LogP contribution >= 0.6 is 0 Å². The summed E-state index contributed by atoms with van der Waals surface area (Å²) in [5.74, 6) is 0.458. The molecule has 3 aromatic carbocycles. The van der Waals surface area contributed by atoms with E-state index in [1.807, 2.05) is 97.6 Å². The summed E-state index contributed by atoms with van der Waals surface area (Å²) in [4.78, 5) is 29.7. The highest BCUT2D eigenvalue weighted by Gasteiger charge is 2.34. The molecule has 4 aromatic rings. The van der Waals surface area contributed by atoms with Gasteiger partial charge in [0.1, 0.15) is 0 Å². The first-order valence-electron chi connectivity index (χ1n) is 13.2. The minimum Gasteiger partial charge on any atom is -0.330 e. The largest absolute Gasteiger partial charge is 0.351 e. The number of para-hydroxylation sites is 1. The molecule has 0 saturated heterocycles. The molecule has 1 amide bonds. The van der Waals surface area contributed by atoms with Crippen LogP contribution in [0.5, 0.6) is 0 Å². The van der Waals surface area contributed by atoms with Crippen molar-refractivity contribution >= 4 is 5.91 Å². The average molecular weight is 512 g/mol. The molecule has 198 valence electrons. The second-order valence-corrected chi connectivity index (χ2v) is 10.1. The quantitative estimate of drug-likeness (QED) is 0.329. The fourth-order valence-corrected chi connectivity index (χ4v) is 4.79. The number of amides is 1. The maximum Gasteiger partial charge on any atom is 0.351 e. The molecule has 0 aliphatic rings. The molecule has 4 rings (SSSR count). The Balaban J connectivity index is 1.89. The summed E-state index contributed by atoms with van der Waals surface area (Å²) < 4.78 is 3.19. The van der Waals surface area contributed by atoms with Gasteiger partial charge in [-0.05, 0) is 62.1 Å². The molecular weight excluding hydrogens is 474 g/mol. The zero-order valence-corrected chi connectivity index (χ0v) is 22.7. The van der Waals surface area contributed by atoms with Gasteiger partial charge in [-0.15, -0.1) is 5.10 Å². The molecule has 1 aromatic heterocycles. The monoisotopic (exact) mass is 511 g/mol. The van der Waals surface area contributed by atoms with Gasteiger partial charge in [0.2, 0.25) is 0 Å². The molecule has 0 saturated carbocycles. The summed E-state index contributed by atoms with van der Waals surface area (Å²) in [5.41, 5.74) is 10.0. The molecule has 7 nitrogen and oxygen atoms in total. The predicted octanol–water partition coefficient (Wildman–Crippen LogP) is 4.89. The van der Waals surface area contributed by atoms with Crippen LogP contribution in [0, 0.1) is 19.8 Å². The number of rotatable bonds is 10. The summed E-state index contributed by atoms with van der Waals surface area (Å²) in [7, 11) is 0. The molecule has 2 N–H and O–H groups in total. The maximum atomic E-state index is 13.9. The number of hydrogen-bond donors (Lipinski definition) is 1. The van der Waals surface area contributed by atoms with E-state index in [0.29, 0.717) is 37.4 Å². The molecule has 1 heterocycles. The van der Waals surface area contributed by atoms with Crippen molar-refractivity contribution in [2.75, 3.05) is 13.1 Å². The van der Waals surface area contributed by atoms with E-state index in [-0.39, 0.29) is 17.5 Å². The topological polar surface area (TPSA) is 86.2 Å². The van der Waals surface area contributed by atoms with Crippen molar-refractivity contribution < 1.29 is 4.79 Å². The van der Waals surface area contributed by atoms with Crippen molar-refractivity contribution in [1.82, 2.24) is 19.2 Å². The number of nitrogens with two attached hydrogens (primary N) is 1. The summed E-state index contributed by atoms with van der Waals surface area (Å²) >= 11 is 0. The normalized spacial score (nSPS) is 12.1. The molecule has 38 heavy (non-hydrogen) atoms. The lowest BCUT2D eigenvalue weighted by molar-refractivity contribution is 0.0603. The van der Waals surface area contributed by atoms with Crippen LogP contribution in [0.2, 0.25) is 0 Å². The third kappa shape index (κ3) is 5.78. The Morgan fingerprint density at radius 1 is 0.947 bits per heavy atom. The zero-order chi connectivity index (χ0) is 27.2. The smallest absolute Gasteiger partial charge is 0.330 e. The lowest BCUT2D eigenvalue weighted by Crippen LogP contribution is -2.40. The number of aryl methyl sites for hydroxylation is 2. The molecule has 0 aliphatic carbocycles. The SMILES string of the molecule is Cc1ccc(C(=O)N(CCCN)C(c2nn(-c3ccccc3C)c(=O)n2Cc2ccccc2)C(C)C)cc1. The molecule has 0 aliphatic heterocycles. The van der Waals surface area contributed by atoms with Gasteiger partial charge >= 0.3 is 5.69 Å². The van der Waals surface area contributed by atoms with Crippen LogP contribution in [0.1, 0.15) is 59.2 Å². The van der Waals surface area contributed by atoms with Crippen LogP contribution in [0.4, 0.5) is 0 Å². The molecule has 0 fully saturated rings. The molecular formula is C31H37N5O2. The number of carbonyl (C=O) groups excluding carboxylic acids is 1. The number of carbonyl (C=O) groups is 1. The van der Waals surface area contributed by atoms with E-state index in [1.54, 1.807) is 4.57 Å². The van der Waals surface area contributed by atoms with Crippen LogP contribution in [-0.4, -0.2) is 38.2 Å². The van der Waals surface area contributed by atoms with Crippen molar-refractivity contribution in [3.8, 4) is 5.69 Å². The van der Waals surface area contributed by atoms with E-state index in [1.165, 1.54) is 4.68 Å². The standard InChI is InChI=1S/C31H37N5O2/c1-22(2)28(34(20-10-19-32)30(37)26-17-15-23(3)16-18-26)29-33-36(27-14-9-8-11-24(27)4)31(38)35(29)21-25-12-6-5-7-13-25/h5-9,11-18,22,28H,10,19-21,32H2,1-4H3. The maximum absolute atomic E-state index is 13.9. The second kappa shape index (κ2) is 12.0. The average Bonchev–Trinajstić information content (AvgIpc) is 3.22. The van der Waals surface area contributed by atoms with Gasteiger partial charge in [-0.2, -0.15) is 4.68 Å². The molecule has 1 unspecified atom stereocenters. The third-order valence-electron chi connectivity index (χ3n) is 6.81. The Bertz CT molecular complexity index is 1420. The first-order chi connectivity index (χ1) is 18.3. The molecule has 0 spiro atoms. The molecule has 1 atom stereocenters. The highest BCUT2D eigenvalue weighted by atomic mass is 16.2. The summed E-state index contributed by atoms with van der Waals surface area (Å²) in [6.45, 7) is 9.36. The Kier molecular flexibility index (Phi) is 8.59. The van der Waals surface area contributed by atoms with Gasteiger partial charge in [-0.25, -0.2) is 4.79 Å². The van der Waals surface area contributed by atoms with Crippen LogP contribution in [0.25, 0.3) is 5.69 Å². The van der Waals surface area contributed by atoms with Crippen LogP contribution in [0.15, 0.2) is 83.7 Å². The Hall–Kier alpha value is -3.97. The van der Waals surface area contributed by atoms with Gasteiger partial charge in [-0.3, -0.25) is 9.36 Å². The van der Waals surface area contributed by atoms with Gasteiger partial charge < -0.3 is 10.6 Å². The van der Waals surface area contributed by atoms with Gasteiger partial charge in [-0.1, -0.05) is 80.1 Å². The fraction of sp³-hybridized carbons (Fsp3) is 0.323. The van der Waals surface area contributed by atoms with E-state index in [9.17, 15) is 9.59 Å². The van der Waals surface area contributed by atoms with Gasteiger partial charge in [0.05, 0.1) is 18.3 Å². The van der Waals surface area contributed by atoms with E-state index in [0.717, 1.165) is 22.4 Å². The zero-order valence-electron chi connectivity index (χ0n) is 22.7. The number of nitrogens with zero attached hydrogens (tertiary/aromatic N) is 4. The van der Waals surface area contributed by atoms with Crippen molar-refractivity contribution in [3.05, 3.63) is 117 Å². The lowest BCUT2D eigenvalue weighted by Gasteiger charge is -2.34. The Morgan fingerprint density at radius 2 is 1.61 bits per heavy atom. The highest BCUT2D eigenvalue weighted by Crippen LogP contribution is 2.30.